The molecular formula is C28H28N6OS. The van der Waals surface area contributed by atoms with Crippen LogP contribution in [-0.4, -0.2) is 46.0 Å². The molecule has 1 N–H and O–H groups in total. The summed E-state index contributed by atoms with van der Waals surface area (Å²) in [6.45, 7) is 5.39. The Balaban J connectivity index is 1.41. The van der Waals surface area contributed by atoms with Crippen LogP contribution in [0.5, 0.6) is 0 Å². The van der Waals surface area contributed by atoms with Gasteiger partial charge >= 0.3 is 0 Å². The molecule has 8 heteroatoms. The largest absolute Gasteiger partial charge is 0.378 e. The van der Waals surface area contributed by atoms with Gasteiger partial charge in [-0.05, 0) is 79.3 Å². The minimum atomic E-state index is -0.114. The lowest BCUT2D eigenvalue weighted by molar-refractivity contribution is 0.122. The zero-order valence-corrected chi connectivity index (χ0v) is 20.9. The molecule has 2 atom stereocenters. The molecule has 7 nitrogen and oxygen atoms in total. The van der Waals surface area contributed by atoms with Crippen molar-refractivity contribution in [3.05, 3.63) is 102 Å². The van der Waals surface area contributed by atoms with Crippen LogP contribution in [0.15, 0.2) is 85.3 Å². The van der Waals surface area contributed by atoms with E-state index in [1.54, 1.807) is 0 Å². The van der Waals surface area contributed by atoms with E-state index in [0.29, 0.717) is 5.11 Å². The number of nitrogens with zero attached hydrogens (tertiary/aromatic N) is 5. The fraction of sp³-hybridized carbons (Fsp3) is 0.250. The first-order valence-electron chi connectivity index (χ1n) is 12.2. The fourth-order valence-electron chi connectivity index (χ4n) is 5.03. The number of hydrogen-bond donors (Lipinski definition) is 1. The molecule has 3 aromatic heterocycles. The number of nitrogens with one attached hydrogen (secondary N) is 1. The van der Waals surface area contributed by atoms with Crippen LogP contribution in [0.1, 0.15) is 29.0 Å². The summed E-state index contributed by atoms with van der Waals surface area (Å²) in [5.41, 5.74) is 5.40. The van der Waals surface area contributed by atoms with Crippen molar-refractivity contribution in [2.75, 3.05) is 36.1 Å². The van der Waals surface area contributed by atoms with Crippen molar-refractivity contribution in [3.8, 4) is 5.82 Å². The third-order valence-corrected chi connectivity index (χ3v) is 7.14. The van der Waals surface area contributed by atoms with Gasteiger partial charge in [-0.25, -0.2) is 4.98 Å². The number of pyridine rings is 2. The Morgan fingerprint density at radius 2 is 1.72 bits per heavy atom. The molecule has 0 saturated carbocycles. The van der Waals surface area contributed by atoms with E-state index in [9.17, 15) is 0 Å². The van der Waals surface area contributed by atoms with Gasteiger partial charge in [-0.1, -0.05) is 12.1 Å². The van der Waals surface area contributed by atoms with Crippen molar-refractivity contribution in [2.24, 2.45) is 0 Å². The van der Waals surface area contributed by atoms with E-state index in [1.165, 1.54) is 5.69 Å². The first kappa shape index (κ1) is 22.7. The lowest BCUT2D eigenvalue weighted by atomic mass is 10.0. The normalized spacial score (nSPS) is 20.0. The average molecular weight is 497 g/mol. The van der Waals surface area contributed by atoms with E-state index < -0.39 is 0 Å². The van der Waals surface area contributed by atoms with Gasteiger partial charge in [0.2, 0.25) is 0 Å². The lowest BCUT2D eigenvalue weighted by Gasteiger charge is -2.31. The maximum absolute atomic E-state index is 5.92. The van der Waals surface area contributed by atoms with Gasteiger partial charge in [0.25, 0.3) is 0 Å². The molecule has 0 radical (unpaired) electrons. The highest BCUT2D eigenvalue weighted by molar-refractivity contribution is 7.80. The minimum Gasteiger partial charge on any atom is -0.378 e. The Morgan fingerprint density at radius 1 is 0.917 bits per heavy atom. The maximum Gasteiger partial charge on any atom is 0.174 e. The van der Waals surface area contributed by atoms with Crippen LogP contribution in [0.3, 0.4) is 0 Å². The first-order chi connectivity index (χ1) is 17.7. The smallest absolute Gasteiger partial charge is 0.174 e. The average Bonchev–Trinajstić information content (AvgIpc) is 3.54. The van der Waals surface area contributed by atoms with Gasteiger partial charge in [0.1, 0.15) is 11.9 Å². The number of ether oxygens (including phenoxy) is 1. The summed E-state index contributed by atoms with van der Waals surface area (Å²) in [4.78, 5) is 13.9. The lowest BCUT2D eigenvalue weighted by Crippen LogP contribution is -2.36. The van der Waals surface area contributed by atoms with Crippen LogP contribution in [0.4, 0.5) is 11.4 Å². The molecule has 0 spiro atoms. The summed E-state index contributed by atoms with van der Waals surface area (Å²) in [6, 6.07) is 22.8. The van der Waals surface area contributed by atoms with Crippen molar-refractivity contribution >= 4 is 28.7 Å². The quantitative estimate of drug-likeness (QED) is 0.406. The molecule has 2 aliphatic rings. The van der Waals surface area contributed by atoms with E-state index in [1.807, 2.05) is 31.5 Å². The molecule has 1 aromatic carbocycles. The molecule has 5 heterocycles. The Hall–Kier alpha value is -3.75. The highest BCUT2D eigenvalue weighted by Crippen LogP contribution is 2.42. The second-order valence-corrected chi connectivity index (χ2v) is 9.50. The van der Waals surface area contributed by atoms with Crippen LogP contribution in [0.2, 0.25) is 0 Å². The number of anilines is 2. The fourth-order valence-corrected chi connectivity index (χ4v) is 5.37. The van der Waals surface area contributed by atoms with Crippen molar-refractivity contribution in [1.82, 2.24) is 19.9 Å². The minimum absolute atomic E-state index is 0.111. The first-order valence-corrected chi connectivity index (χ1v) is 12.6. The van der Waals surface area contributed by atoms with E-state index in [-0.39, 0.29) is 12.1 Å². The number of benzene rings is 1. The predicted molar refractivity (Wildman–Crippen MR) is 146 cm³/mol. The molecule has 0 amide bonds. The summed E-state index contributed by atoms with van der Waals surface area (Å²) in [6.07, 6.45) is 5.79. The zero-order valence-electron chi connectivity index (χ0n) is 20.1. The van der Waals surface area contributed by atoms with Crippen LogP contribution in [-0.2, 0) is 4.74 Å². The van der Waals surface area contributed by atoms with Crippen molar-refractivity contribution < 1.29 is 4.74 Å². The van der Waals surface area contributed by atoms with Gasteiger partial charge in [-0.15, -0.1) is 0 Å². The second kappa shape index (κ2) is 9.72. The Morgan fingerprint density at radius 3 is 2.44 bits per heavy atom. The summed E-state index contributed by atoms with van der Waals surface area (Å²) >= 11 is 5.92. The van der Waals surface area contributed by atoms with Crippen LogP contribution in [0, 0.1) is 6.92 Å². The summed E-state index contributed by atoms with van der Waals surface area (Å²) in [7, 11) is 0. The third kappa shape index (κ3) is 4.23. The number of hydrogen-bond acceptors (Lipinski definition) is 5. The molecule has 2 unspecified atom stereocenters. The second-order valence-electron chi connectivity index (χ2n) is 9.11. The molecule has 2 fully saturated rings. The molecule has 0 bridgehead atoms. The van der Waals surface area contributed by atoms with E-state index >= 15 is 0 Å². The molecule has 0 aliphatic carbocycles. The topological polar surface area (TPSA) is 58.5 Å². The Bertz CT molecular complexity index is 1330. The molecule has 36 heavy (non-hydrogen) atoms. The summed E-state index contributed by atoms with van der Waals surface area (Å²) in [5, 5.41) is 4.24. The van der Waals surface area contributed by atoms with Gasteiger partial charge in [-0.3, -0.25) is 4.98 Å². The van der Waals surface area contributed by atoms with Crippen LogP contribution < -0.4 is 15.1 Å². The molecule has 4 aromatic rings. The van der Waals surface area contributed by atoms with E-state index in [4.69, 9.17) is 21.9 Å². The van der Waals surface area contributed by atoms with E-state index in [2.05, 4.69) is 85.5 Å². The maximum atomic E-state index is 5.92. The standard InChI is InChI=1S/C28H28N6OS/c1-20-7-12-25(30-19-20)33-14-4-6-24(33)27-26(23-5-2-3-13-29-23)31-28(36)34(27)22-10-8-21(9-11-22)32-15-17-35-18-16-32/h2-14,19,26-27H,15-18H2,1H3,(H,31,36). The molecular weight excluding hydrogens is 468 g/mol. The highest BCUT2D eigenvalue weighted by atomic mass is 32.1. The molecule has 6 rings (SSSR count). The van der Waals surface area contributed by atoms with Crippen molar-refractivity contribution in [2.45, 2.75) is 19.0 Å². The Kier molecular flexibility index (Phi) is 6.13. The number of morpholine rings is 1. The van der Waals surface area contributed by atoms with Crippen LogP contribution in [0.25, 0.3) is 5.82 Å². The number of thiocarbonyl (C=S) groups is 1. The van der Waals surface area contributed by atoms with Gasteiger partial charge < -0.3 is 24.4 Å². The molecule has 2 saturated heterocycles. The third-order valence-electron chi connectivity index (χ3n) is 6.83. The zero-order chi connectivity index (χ0) is 24.5. The predicted octanol–water partition coefficient (Wildman–Crippen LogP) is 4.59. The van der Waals surface area contributed by atoms with Crippen molar-refractivity contribution in [1.29, 1.82) is 0 Å². The number of rotatable bonds is 5. The number of aryl methyl sites for hydroxylation is 1. The van der Waals surface area contributed by atoms with Gasteiger partial charge in [0.15, 0.2) is 5.11 Å². The SMILES string of the molecule is Cc1ccc(-n2cccc2C2C(c3ccccn3)NC(=S)N2c2ccc(N3CCOCC3)cc2)nc1. The van der Waals surface area contributed by atoms with E-state index in [0.717, 1.165) is 54.8 Å². The van der Waals surface area contributed by atoms with Crippen LogP contribution >= 0.6 is 12.2 Å². The summed E-state index contributed by atoms with van der Waals surface area (Å²) in [5.74, 6) is 0.876. The highest BCUT2D eigenvalue weighted by Gasteiger charge is 2.42. The monoisotopic (exact) mass is 496 g/mol. The molecule has 2 aliphatic heterocycles. The van der Waals surface area contributed by atoms with Crippen molar-refractivity contribution in [3.63, 3.8) is 0 Å². The van der Waals surface area contributed by atoms with Gasteiger partial charge in [0.05, 0.1) is 24.9 Å². The van der Waals surface area contributed by atoms with Gasteiger partial charge in [-0.2, -0.15) is 0 Å². The number of aromatic nitrogens is 3. The molecule has 182 valence electrons. The summed E-state index contributed by atoms with van der Waals surface area (Å²) < 4.78 is 7.66. The Labute approximate surface area is 216 Å². The van der Waals surface area contributed by atoms with Gasteiger partial charge in [0, 0.05) is 48.7 Å².